The number of hydrogen-bond donors (Lipinski definition) is 1. The Bertz CT molecular complexity index is 643. The second kappa shape index (κ2) is 3.67. The van der Waals surface area contributed by atoms with Gasteiger partial charge in [-0.3, -0.25) is 9.59 Å². The molecule has 1 aromatic carbocycles. The first-order chi connectivity index (χ1) is 8.22. The molecule has 0 aliphatic heterocycles. The fraction of sp³-hybridized carbons (Fsp3) is 0.0769. The SMILES string of the molecule is O=C1C(=O)c2cc(CBr)[nH]c2-c2ccccc21. The number of Topliss-reactive ketones (excluding diaryl/α,β-unsaturated/α-hetero) is 2. The molecule has 2 aromatic rings. The molecule has 0 amide bonds. The number of benzene rings is 1. The van der Waals surface area contributed by atoms with E-state index < -0.39 is 11.6 Å². The molecule has 0 saturated heterocycles. The van der Waals surface area contributed by atoms with Crippen LogP contribution in [0.15, 0.2) is 30.3 Å². The molecule has 84 valence electrons. The number of hydrogen-bond acceptors (Lipinski definition) is 2. The van der Waals surface area contributed by atoms with E-state index >= 15 is 0 Å². The summed E-state index contributed by atoms with van der Waals surface area (Å²) in [5, 5.41) is 0.629. The summed E-state index contributed by atoms with van der Waals surface area (Å²) in [5.41, 5.74) is 3.41. The van der Waals surface area contributed by atoms with Crippen LogP contribution < -0.4 is 0 Å². The van der Waals surface area contributed by atoms with Crippen LogP contribution in [0.5, 0.6) is 0 Å². The van der Waals surface area contributed by atoms with E-state index in [1.807, 2.05) is 12.1 Å². The smallest absolute Gasteiger partial charge is 0.235 e. The number of H-pyrrole nitrogens is 1. The van der Waals surface area contributed by atoms with Gasteiger partial charge in [0, 0.05) is 22.2 Å². The summed E-state index contributed by atoms with van der Waals surface area (Å²) >= 11 is 3.33. The molecule has 1 aliphatic rings. The number of carbonyl (C=O) groups is 2. The van der Waals surface area contributed by atoms with Gasteiger partial charge in [0.15, 0.2) is 0 Å². The fourth-order valence-corrected chi connectivity index (χ4v) is 2.42. The highest BCUT2D eigenvalue weighted by molar-refractivity contribution is 9.08. The third kappa shape index (κ3) is 1.41. The van der Waals surface area contributed by atoms with Crippen molar-refractivity contribution in [2.75, 3.05) is 0 Å². The third-order valence-electron chi connectivity index (χ3n) is 2.91. The third-order valence-corrected chi connectivity index (χ3v) is 3.51. The summed E-state index contributed by atoms with van der Waals surface area (Å²) in [7, 11) is 0. The first kappa shape index (κ1) is 10.5. The van der Waals surface area contributed by atoms with Gasteiger partial charge in [0.25, 0.3) is 0 Å². The van der Waals surface area contributed by atoms with Crippen LogP contribution in [0.4, 0.5) is 0 Å². The van der Waals surface area contributed by atoms with Crippen molar-refractivity contribution in [3.05, 3.63) is 47.2 Å². The normalized spacial score (nSPS) is 13.5. The number of aromatic nitrogens is 1. The Morgan fingerprint density at radius 3 is 2.35 bits per heavy atom. The summed E-state index contributed by atoms with van der Waals surface area (Å²) in [5.74, 6) is -0.852. The predicted octanol–water partition coefficient (Wildman–Crippen LogP) is 2.96. The van der Waals surface area contributed by atoms with Crippen molar-refractivity contribution in [2.45, 2.75) is 5.33 Å². The summed E-state index contributed by atoms with van der Waals surface area (Å²) in [6, 6.07) is 8.91. The van der Waals surface area contributed by atoms with Gasteiger partial charge in [0.1, 0.15) is 0 Å². The number of carbonyl (C=O) groups excluding carboxylic acids is 2. The molecule has 17 heavy (non-hydrogen) atoms. The predicted molar refractivity (Wildman–Crippen MR) is 67.5 cm³/mol. The maximum absolute atomic E-state index is 11.9. The van der Waals surface area contributed by atoms with E-state index in [0.717, 1.165) is 17.0 Å². The van der Waals surface area contributed by atoms with Crippen molar-refractivity contribution in [3.8, 4) is 11.3 Å². The molecule has 1 aromatic heterocycles. The van der Waals surface area contributed by atoms with Gasteiger partial charge in [0.05, 0.1) is 11.3 Å². The lowest BCUT2D eigenvalue weighted by molar-refractivity contribution is 0.0815. The van der Waals surface area contributed by atoms with Gasteiger partial charge in [0.2, 0.25) is 11.6 Å². The van der Waals surface area contributed by atoms with Crippen molar-refractivity contribution in [1.82, 2.24) is 4.98 Å². The van der Waals surface area contributed by atoms with Gasteiger partial charge in [-0.25, -0.2) is 0 Å². The van der Waals surface area contributed by atoms with Gasteiger partial charge < -0.3 is 4.98 Å². The number of halogens is 1. The molecule has 0 atom stereocenters. The van der Waals surface area contributed by atoms with Gasteiger partial charge >= 0.3 is 0 Å². The summed E-state index contributed by atoms with van der Waals surface area (Å²) in [6.07, 6.45) is 0. The maximum atomic E-state index is 11.9. The van der Waals surface area contributed by atoms with Gasteiger partial charge in [-0.05, 0) is 6.07 Å². The highest BCUT2D eigenvalue weighted by atomic mass is 79.9. The van der Waals surface area contributed by atoms with Crippen LogP contribution in [0.2, 0.25) is 0 Å². The maximum Gasteiger partial charge on any atom is 0.235 e. The zero-order valence-corrected chi connectivity index (χ0v) is 10.4. The minimum atomic E-state index is -0.429. The van der Waals surface area contributed by atoms with E-state index in [-0.39, 0.29) is 0 Å². The van der Waals surface area contributed by atoms with Crippen LogP contribution in [-0.2, 0) is 5.33 Å². The Hall–Kier alpha value is -1.68. The van der Waals surface area contributed by atoms with Crippen LogP contribution >= 0.6 is 15.9 Å². The molecule has 0 fully saturated rings. The molecule has 1 N–H and O–H groups in total. The largest absolute Gasteiger partial charge is 0.357 e. The Labute approximate surface area is 106 Å². The van der Waals surface area contributed by atoms with E-state index in [9.17, 15) is 9.59 Å². The molecule has 0 unspecified atom stereocenters. The van der Waals surface area contributed by atoms with Crippen molar-refractivity contribution in [3.63, 3.8) is 0 Å². The van der Waals surface area contributed by atoms with Crippen LogP contribution in [0.25, 0.3) is 11.3 Å². The molecule has 0 radical (unpaired) electrons. The van der Waals surface area contributed by atoms with Gasteiger partial charge in [-0.15, -0.1) is 0 Å². The zero-order chi connectivity index (χ0) is 12.0. The molecular formula is C13H8BrNO2. The van der Waals surface area contributed by atoms with E-state index in [2.05, 4.69) is 20.9 Å². The van der Waals surface area contributed by atoms with E-state index in [1.54, 1.807) is 18.2 Å². The molecule has 3 rings (SSSR count). The lowest BCUT2D eigenvalue weighted by Crippen LogP contribution is -2.20. The molecule has 1 heterocycles. The van der Waals surface area contributed by atoms with Crippen LogP contribution in [0.1, 0.15) is 26.4 Å². The minimum absolute atomic E-state index is 0.423. The number of rotatable bonds is 1. The lowest BCUT2D eigenvalue weighted by atomic mass is 9.88. The average Bonchev–Trinajstić information content (AvgIpc) is 2.80. The zero-order valence-electron chi connectivity index (χ0n) is 8.79. The Kier molecular flexibility index (Phi) is 2.26. The molecule has 4 heteroatoms. The van der Waals surface area contributed by atoms with E-state index in [4.69, 9.17) is 0 Å². The van der Waals surface area contributed by atoms with Gasteiger partial charge in [-0.1, -0.05) is 40.2 Å². The number of fused-ring (bicyclic) bond motifs is 3. The summed E-state index contributed by atoms with van der Waals surface area (Å²) < 4.78 is 0. The first-order valence-corrected chi connectivity index (χ1v) is 6.31. The number of ketones is 2. The Balaban J connectivity index is 2.34. The van der Waals surface area contributed by atoms with Crippen molar-refractivity contribution in [1.29, 1.82) is 0 Å². The molecule has 0 saturated carbocycles. The number of nitrogens with one attached hydrogen (secondary N) is 1. The average molecular weight is 290 g/mol. The van der Waals surface area contributed by atoms with Crippen LogP contribution in [0.3, 0.4) is 0 Å². The van der Waals surface area contributed by atoms with E-state index in [1.165, 1.54) is 0 Å². The molecule has 1 aliphatic carbocycles. The highest BCUT2D eigenvalue weighted by Gasteiger charge is 2.31. The van der Waals surface area contributed by atoms with Crippen molar-refractivity contribution < 1.29 is 9.59 Å². The molecule has 3 nitrogen and oxygen atoms in total. The fourth-order valence-electron chi connectivity index (χ4n) is 2.12. The minimum Gasteiger partial charge on any atom is -0.357 e. The van der Waals surface area contributed by atoms with Crippen molar-refractivity contribution in [2.24, 2.45) is 0 Å². The first-order valence-electron chi connectivity index (χ1n) is 5.18. The van der Waals surface area contributed by atoms with Crippen molar-refractivity contribution >= 4 is 27.5 Å². The highest BCUT2D eigenvalue weighted by Crippen LogP contribution is 2.33. The second-order valence-electron chi connectivity index (χ2n) is 3.92. The Morgan fingerprint density at radius 1 is 1.00 bits per heavy atom. The monoisotopic (exact) mass is 289 g/mol. The standard InChI is InChI=1S/C13H8BrNO2/c14-6-7-5-10-11(15-7)8-3-1-2-4-9(8)12(16)13(10)17/h1-5,15H,6H2. The van der Waals surface area contributed by atoms with Gasteiger partial charge in [-0.2, -0.15) is 0 Å². The number of alkyl halides is 1. The number of aromatic amines is 1. The Morgan fingerprint density at radius 2 is 1.65 bits per heavy atom. The quantitative estimate of drug-likeness (QED) is 0.648. The van der Waals surface area contributed by atoms with Crippen LogP contribution in [0, 0.1) is 0 Å². The molecule has 0 bridgehead atoms. The van der Waals surface area contributed by atoms with Crippen LogP contribution in [-0.4, -0.2) is 16.6 Å². The summed E-state index contributed by atoms with van der Waals surface area (Å²) in [4.78, 5) is 27.0. The second-order valence-corrected chi connectivity index (χ2v) is 4.48. The lowest BCUT2D eigenvalue weighted by Gasteiger charge is -2.13. The topological polar surface area (TPSA) is 49.9 Å². The molecule has 0 spiro atoms. The molecular weight excluding hydrogens is 282 g/mol. The summed E-state index contributed by atoms with van der Waals surface area (Å²) in [6.45, 7) is 0. The van der Waals surface area contributed by atoms with E-state index in [0.29, 0.717) is 16.5 Å².